The zero-order valence-electron chi connectivity index (χ0n) is 16.0. The van der Waals surface area contributed by atoms with Crippen LogP contribution in [0.4, 0.5) is 5.82 Å². The van der Waals surface area contributed by atoms with E-state index in [1.54, 1.807) is 12.3 Å². The highest BCUT2D eigenvalue weighted by Gasteiger charge is 2.46. The SMILES string of the molecule is CN1CCC[C@@H]1C(=O)N[C@@H]1[C@@H](O)[C@H](O)[C@@H](Nc2ncnc3cc[nH]c23)O[C@H]1CO. The highest BCUT2D eigenvalue weighted by Crippen LogP contribution is 2.25. The number of anilines is 1. The number of hydrogen-bond donors (Lipinski definition) is 6. The van der Waals surface area contributed by atoms with Gasteiger partial charge in [-0.3, -0.25) is 9.69 Å². The molecule has 2 fully saturated rings. The Bertz CT molecular complexity index is 860. The zero-order chi connectivity index (χ0) is 20.5. The number of hydrogen-bond acceptors (Lipinski definition) is 9. The Hall–Kier alpha value is -2.31. The lowest BCUT2D eigenvalue weighted by Gasteiger charge is -2.43. The van der Waals surface area contributed by atoms with Crippen molar-refractivity contribution in [2.24, 2.45) is 0 Å². The molecule has 1 amide bonds. The van der Waals surface area contributed by atoms with Crippen LogP contribution in [0.2, 0.25) is 0 Å². The van der Waals surface area contributed by atoms with Gasteiger partial charge in [0.2, 0.25) is 5.91 Å². The summed E-state index contributed by atoms with van der Waals surface area (Å²) in [5, 5.41) is 36.7. The molecular formula is C18H26N6O5. The van der Waals surface area contributed by atoms with Crippen LogP contribution in [0.1, 0.15) is 12.8 Å². The molecule has 29 heavy (non-hydrogen) atoms. The van der Waals surface area contributed by atoms with Crippen LogP contribution < -0.4 is 10.6 Å². The number of carbonyl (C=O) groups is 1. The van der Waals surface area contributed by atoms with Gasteiger partial charge in [-0.1, -0.05) is 0 Å². The van der Waals surface area contributed by atoms with Crippen molar-refractivity contribution in [3.8, 4) is 0 Å². The van der Waals surface area contributed by atoms with Gasteiger partial charge in [0.25, 0.3) is 0 Å². The number of aromatic nitrogens is 3. The molecule has 0 aromatic carbocycles. The Morgan fingerprint density at radius 3 is 2.93 bits per heavy atom. The van der Waals surface area contributed by atoms with Crippen LogP contribution in [0.3, 0.4) is 0 Å². The normalized spacial score (nSPS) is 33.1. The van der Waals surface area contributed by atoms with Crippen molar-refractivity contribution in [3.05, 3.63) is 18.6 Å². The molecule has 2 aliphatic rings. The predicted molar refractivity (Wildman–Crippen MR) is 103 cm³/mol. The summed E-state index contributed by atoms with van der Waals surface area (Å²) < 4.78 is 5.78. The summed E-state index contributed by atoms with van der Waals surface area (Å²) in [5.74, 6) is 0.140. The van der Waals surface area contributed by atoms with Crippen LogP contribution in [0, 0.1) is 0 Å². The van der Waals surface area contributed by atoms with Gasteiger partial charge >= 0.3 is 0 Å². The molecule has 2 aromatic heterocycles. The number of rotatable bonds is 5. The number of H-pyrrole nitrogens is 1. The maximum atomic E-state index is 12.6. The van der Waals surface area contributed by atoms with E-state index in [0.29, 0.717) is 16.9 Å². The van der Waals surface area contributed by atoms with Crippen LogP contribution in [-0.4, -0.2) is 97.9 Å². The Labute approximate surface area is 167 Å². The molecule has 158 valence electrons. The van der Waals surface area contributed by atoms with E-state index >= 15 is 0 Å². The molecule has 2 saturated heterocycles. The van der Waals surface area contributed by atoms with Gasteiger partial charge in [-0.05, 0) is 32.5 Å². The second-order valence-corrected chi connectivity index (χ2v) is 7.54. The van der Waals surface area contributed by atoms with Crippen molar-refractivity contribution in [3.63, 3.8) is 0 Å². The van der Waals surface area contributed by atoms with Crippen LogP contribution in [0.25, 0.3) is 11.0 Å². The molecular weight excluding hydrogens is 380 g/mol. The number of nitrogens with zero attached hydrogens (tertiary/aromatic N) is 3. The molecule has 2 aliphatic heterocycles. The molecule has 11 heteroatoms. The maximum absolute atomic E-state index is 12.6. The van der Waals surface area contributed by atoms with E-state index < -0.39 is 37.2 Å². The molecule has 6 atom stereocenters. The standard InChI is InChI=1S/C18H26N6O5/c1-24-6-2-3-10(24)17(28)22-13-11(7-25)29-18(15(27)14(13)26)23-16-12-9(4-5-19-12)20-8-21-16/h4-5,8,10-11,13-15,18-19,25-27H,2-3,6-7H2,1H3,(H,22,28)(H,20,21,23)/t10-,11+,13+,14-,15+,18+/m1/s1. The number of likely N-dealkylation sites (N-methyl/N-ethyl adjacent to an activating group) is 1. The quantitative estimate of drug-likeness (QED) is 0.344. The summed E-state index contributed by atoms with van der Waals surface area (Å²) in [6.45, 7) is 0.390. The van der Waals surface area contributed by atoms with Crippen LogP contribution in [0.15, 0.2) is 18.6 Å². The average Bonchev–Trinajstić information content (AvgIpc) is 3.36. The molecule has 4 rings (SSSR count). The molecule has 4 heterocycles. The van der Waals surface area contributed by atoms with E-state index in [0.717, 1.165) is 19.4 Å². The first-order valence-corrected chi connectivity index (χ1v) is 9.67. The smallest absolute Gasteiger partial charge is 0.237 e. The van der Waals surface area contributed by atoms with Crippen LogP contribution >= 0.6 is 0 Å². The van der Waals surface area contributed by atoms with Crippen molar-refractivity contribution < 1.29 is 24.9 Å². The first-order chi connectivity index (χ1) is 14.0. The fourth-order valence-electron chi connectivity index (χ4n) is 4.04. The summed E-state index contributed by atoms with van der Waals surface area (Å²) in [7, 11) is 1.87. The molecule has 0 spiro atoms. The number of amides is 1. The van der Waals surface area contributed by atoms with Gasteiger partial charge in [0.15, 0.2) is 12.0 Å². The minimum atomic E-state index is -1.36. The van der Waals surface area contributed by atoms with Crippen molar-refractivity contribution in [2.45, 2.75) is 49.5 Å². The van der Waals surface area contributed by atoms with E-state index in [1.165, 1.54) is 6.33 Å². The first-order valence-electron chi connectivity index (χ1n) is 9.67. The first kappa shape index (κ1) is 20.0. The molecule has 0 radical (unpaired) electrons. The second-order valence-electron chi connectivity index (χ2n) is 7.54. The Kier molecular flexibility index (Phi) is 5.65. The monoisotopic (exact) mass is 406 g/mol. The maximum Gasteiger partial charge on any atom is 0.237 e. The summed E-state index contributed by atoms with van der Waals surface area (Å²) in [6, 6.07) is 0.541. The van der Waals surface area contributed by atoms with Gasteiger partial charge < -0.3 is 35.7 Å². The fourth-order valence-corrected chi connectivity index (χ4v) is 4.04. The summed E-state index contributed by atoms with van der Waals surface area (Å²) in [5.41, 5.74) is 1.30. The van der Waals surface area contributed by atoms with Gasteiger partial charge in [0.1, 0.15) is 30.2 Å². The van der Waals surface area contributed by atoms with Gasteiger partial charge in [0.05, 0.1) is 24.2 Å². The van der Waals surface area contributed by atoms with E-state index in [-0.39, 0.29) is 11.9 Å². The topological polar surface area (TPSA) is 156 Å². The van der Waals surface area contributed by atoms with E-state index in [2.05, 4.69) is 25.6 Å². The van der Waals surface area contributed by atoms with Gasteiger partial charge in [-0.25, -0.2) is 9.97 Å². The number of nitrogens with one attached hydrogen (secondary N) is 3. The highest BCUT2D eigenvalue weighted by atomic mass is 16.5. The summed E-state index contributed by atoms with van der Waals surface area (Å²) in [4.78, 5) is 25.8. The third kappa shape index (κ3) is 3.79. The third-order valence-corrected chi connectivity index (χ3v) is 5.69. The number of aromatic amines is 1. The minimum Gasteiger partial charge on any atom is -0.394 e. The second kappa shape index (κ2) is 8.20. The third-order valence-electron chi connectivity index (χ3n) is 5.69. The Balaban J connectivity index is 1.48. The van der Waals surface area contributed by atoms with E-state index in [4.69, 9.17) is 4.74 Å². The predicted octanol–water partition coefficient (Wildman–Crippen LogP) is -1.61. The Morgan fingerprint density at radius 2 is 2.21 bits per heavy atom. The largest absolute Gasteiger partial charge is 0.394 e. The summed E-state index contributed by atoms with van der Waals surface area (Å²) >= 11 is 0. The van der Waals surface area contributed by atoms with Crippen LogP contribution in [0.5, 0.6) is 0 Å². The lowest BCUT2D eigenvalue weighted by molar-refractivity contribution is -0.185. The van der Waals surface area contributed by atoms with Crippen molar-refractivity contribution in [2.75, 3.05) is 25.5 Å². The lowest BCUT2D eigenvalue weighted by Crippen LogP contribution is -2.66. The van der Waals surface area contributed by atoms with E-state index in [1.807, 2.05) is 11.9 Å². The average molecular weight is 406 g/mol. The number of carbonyl (C=O) groups excluding carboxylic acids is 1. The lowest BCUT2D eigenvalue weighted by atomic mass is 9.95. The number of ether oxygens (including phenoxy) is 1. The number of likely N-dealkylation sites (tertiary alicyclic amines) is 1. The molecule has 0 saturated carbocycles. The van der Waals surface area contributed by atoms with Crippen molar-refractivity contribution >= 4 is 22.8 Å². The molecule has 0 aliphatic carbocycles. The number of fused-ring (bicyclic) bond motifs is 1. The molecule has 0 unspecified atom stereocenters. The van der Waals surface area contributed by atoms with Crippen LogP contribution in [-0.2, 0) is 9.53 Å². The van der Waals surface area contributed by atoms with Gasteiger partial charge in [-0.2, -0.15) is 0 Å². The zero-order valence-corrected chi connectivity index (χ0v) is 16.0. The number of aliphatic hydroxyl groups is 3. The number of aliphatic hydroxyl groups excluding tert-OH is 3. The van der Waals surface area contributed by atoms with Gasteiger partial charge in [-0.15, -0.1) is 0 Å². The van der Waals surface area contributed by atoms with Gasteiger partial charge in [0, 0.05) is 6.20 Å². The highest BCUT2D eigenvalue weighted by molar-refractivity contribution is 5.85. The molecule has 2 aromatic rings. The van der Waals surface area contributed by atoms with Crippen molar-refractivity contribution in [1.82, 2.24) is 25.2 Å². The minimum absolute atomic E-state index is 0.251. The van der Waals surface area contributed by atoms with Crippen molar-refractivity contribution in [1.29, 1.82) is 0 Å². The molecule has 6 N–H and O–H groups in total. The molecule has 11 nitrogen and oxygen atoms in total. The fraction of sp³-hybridized carbons (Fsp3) is 0.611. The van der Waals surface area contributed by atoms with E-state index in [9.17, 15) is 20.1 Å². The molecule has 0 bridgehead atoms. The summed E-state index contributed by atoms with van der Waals surface area (Å²) in [6.07, 6.45) is 0.0899. The Morgan fingerprint density at radius 1 is 1.38 bits per heavy atom.